The Morgan fingerprint density at radius 2 is 1.27 bits per heavy atom. The molecular weight excluding hydrogens is 280 g/mol. The van der Waals surface area contributed by atoms with Crippen LogP contribution in [-0.4, -0.2) is 23.7 Å². The zero-order chi connectivity index (χ0) is 16.5. The molecule has 2 aliphatic rings. The Morgan fingerprint density at radius 3 is 1.64 bits per heavy atom. The molecular formula is C18H32O4. The molecule has 2 aliphatic carbocycles. The number of aliphatic carboxylic acids is 1. The number of carboxylic acids is 1. The van der Waals surface area contributed by atoms with Gasteiger partial charge < -0.3 is 9.84 Å². The number of hydrogen-bond donors (Lipinski definition) is 1. The fourth-order valence-corrected chi connectivity index (χ4v) is 3.26. The van der Waals surface area contributed by atoms with Crippen LogP contribution in [0.4, 0.5) is 0 Å². The molecule has 1 N–H and O–H groups in total. The number of carbonyl (C=O) groups is 2. The normalized spacial score (nSPS) is 31.6. The third kappa shape index (κ3) is 6.80. The van der Waals surface area contributed by atoms with E-state index in [1.807, 2.05) is 6.92 Å². The number of esters is 1. The molecule has 0 aliphatic heterocycles. The van der Waals surface area contributed by atoms with Crippen molar-refractivity contribution in [3.05, 3.63) is 0 Å². The van der Waals surface area contributed by atoms with Gasteiger partial charge in [0.1, 0.15) is 0 Å². The molecule has 4 heteroatoms. The number of carbonyl (C=O) groups excluding carboxylic acids is 1. The van der Waals surface area contributed by atoms with Crippen molar-refractivity contribution < 1.29 is 19.4 Å². The molecule has 2 fully saturated rings. The van der Waals surface area contributed by atoms with Crippen molar-refractivity contribution in [2.45, 2.75) is 72.1 Å². The van der Waals surface area contributed by atoms with Crippen LogP contribution in [0, 0.1) is 23.7 Å². The van der Waals surface area contributed by atoms with E-state index < -0.39 is 5.97 Å². The van der Waals surface area contributed by atoms with Gasteiger partial charge in [-0.3, -0.25) is 9.59 Å². The molecule has 0 aromatic rings. The Bertz CT molecular complexity index is 337. The third-order valence-electron chi connectivity index (χ3n) is 5.00. The SMILES string of the molecule is CC1CCC(C(=O)O)CC1.CCOC(=O)C1CCC(C)CC1. The molecule has 22 heavy (non-hydrogen) atoms. The van der Waals surface area contributed by atoms with Gasteiger partial charge in [-0.2, -0.15) is 0 Å². The van der Waals surface area contributed by atoms with E-state index in [1.165, 1.54) is 12.8 Å². The molecule has 0 bridgehead atoms. The lowest BCUT2D eigenvalue weighted by Crippen LogP contribution is -2.22. The Labute approximate surface area is 134 Å². The van der Waals surface area contributed by atoms with Gasteiger partial charge in [0.05, 0.1) is 18.4 Å². The first-order valence-electron chi connectivity index (χ1n) is 8.83. The summed E-state index contributed by atoms with van der Waals surface area (Å²) in [4.78, 5) is 21.7. The smallest absolute Gasteiger partial charge is 0.308 e. The molecule has 0 radical (unpaired) electrons. The van der Waals surface area contributed by atoms with Crippen molar-refractivity contribution >= 4 is 11.9 Å². The molecule has 0 heterocycles. The summed E-state index contributed by atoms with van der Waals surface area (Å²) in [6.07, 6.45) is 8.38. The van der Waals surface area contributed by atoms with E-state index in [1.54, 1.807) is 0 Å². The van der Waals surface area contributed by atoms with E-state index in [2.05, 4.69) is 13.8 Å². The summed E-state index contributed by atoms with van der Waals surface area (Å²) in [7, 11) is 0. The van der Waals surface area contributed by atoms with Crippen LogP contribution >= 0.6 is 0 Å². The van der Waals surface area contributed by atoms with Crippen molar-refractivity contribution in [1.29, 1.82) is 0 Å². The largest absolute Gasteiger partial charge is 0.481 e. The number of hydrogen-bond acceptors (Lipinski definition) is 3. The topological polar surface area (TPSA) is 63.6 Å². The lowest BCUT2D eigenvalue weighted by atomic mass is 9.83. The van der Waals surface area contributed by atoms with Crippen LogP contribution in [0.15, 0.2) is 0 Å². The van der Waals surface area contributed by atoms with E-state index in [0.29, 0.717) is 6.61 Å². The average molecular weight is 312 g/mol. The maximum Gasteiger partial charge on any atom is 0.308 e. The number of carboxylic acid groups (broad SMARTS) is 1. The fourth-order valence-electron chi connectivity index (χ4n) is 3.26. The summed E-state index contributed by atoms with van der Waals surface area (Å²) in [6, 6.07) is 0. The van der Waals surface area contributed by atoms with Crippen LogP contribution in [-0.2, 0) is 14.3 Å². The highest BCUT2D eigenvalue weighted by Crippen LogP contribution is 2.29. The van der Waals surface area contributed by atoms with Gasteiger partial charge in [0.25, 0.3) is 0 Å². The summed E-state index contributed by atoms with van der Waals surface area (Å²) in [6.45, 7) is 6.83. The van der Waals surface area contributed by atoms with Gasteiger partial charge in [-0.1, -0.05) is 13.8 Å². The predicted molar refractivity (Wildman–Crippen MR) is 86.5 cm³/mol. The molecule has 128 valence electrons. The van der Waals surface area contributed by atoms with Gasteiger partial charge in [0, 0.05) is 0 Å². The van der Waals surface area contributed by atoms with E-state index in [9.17, 15) is 9.59 Å². The van der Waals surface area contributed by atoms with E-state index >= 15 is 0 Å². The maximum absolute atomic E-state index is 11.3. The van der Waals surface area contributed by atoms with Crippen LogP contribution in [0.1, 0.15) is 72.1 Å². The molecule has 2 saturated carbocycles. The van der Waals surface area contributed by atoms with Crippen molar-refractivity contribution in [2.24, 2.45) is 23.7 Å². The first-order chi connectivity index (χ1) is 10.4. The molecule has 0 aromatic carbocycles. The maximum atomic E-state index is 11.3. The van der Waals surface area contributed by atoms with Gasteiger partial charge in [-0.15, -0.1) is 0 Å². The quantitative estimate of drug-likeness (QED) is 0.790. The van der Waals surface area contributed by atoms with Gasteiger partial charge >= 0.3 is 11.9 Å². The van der Waals surface area contributed by atoms with Crippen molar-refractivity contribution in [2.75, 3.05) is 6.61 Å². The van der Waals surface area contributed by atoms with Crippen LogP contribution in [0.25, 0.3) is 0 Å². The van der Waals surface area contributed by atoms with E-state index in [4.69, 9.17) is 9.84 Å². The van der Waals surface area contributed by atoms with Crippen molar-refractivity contribution in [1.82, 2.24) is 0 Å². The highest BCUT2D eigenvalue weighted by molar-refractivity contribution is 5.72. The average Bonchev–Trinajstić information content (AvgIpc) is 2.49. The predicted octanol–water partition coefficient (Wildman–Crippen LogP) is 4.27. The minimum absolute atomic E-state index is 0.0180. The Morgan fingerprint density at radius 1 is 0.864 bits per heavy atom. The fraction of sp³-hybridized carbons (Fsp3) is 0.889. The number of ether oxygens (including phenoxy) is 1. The van der Waals surface area contributed by atoms with Crippen LogP contribution < -0.4 is 0 Å². The van der Waals surface area contributed by atoms with Crippen LogP contribution in [0.3, 0.4) is 0 Å². The van der Waals surface area contributed by atoms with E-state index in [0.717, 1.165) is 50.4 Å². The van der Waals surface area contributed by atoms with Gasteiger partial charge in [0.15, 0.2) is 0 Å². The van der Waals surface area contributed by atoms with Gasteiger partial charge in [-0.25, -0.2) is 0 Å². The van der Waals surface area contributed by atoms with E-state index in [-0.39, 0.29) is 17.8 Å². The Kier molecular flexibility index (Phi) is 8.51. The third-order valence-corrected chi connectivity index (χ3v) is 5.00. The Balaban J connectivity index is 0.000000224. The molecule has 0 amide bonds. The van der Waals surface area contributed by atoms with Crippen LogP contribution in [0.2, 0.25) is 0 Å². The highest BCUT2D eigenvalue weighted by atomic mass is 16.5. The molecule has 2 rings (SSSR count). The molecule has 0 unspecified atom stereocenters. The highest BCUT2D eigenvalue weighted by Gasteiger charge is 2.25. The lowest BCUT2D eigenvalue weighted by Gasteiger charge is -2.24. The first-order valence-corrected chi connectivity index (χ1v) is 8.83. The molecule has 0 saturated heterocycles. The number of rotatable bonds is 3. The molecule has 0 atom stereocenters. The molecule has 0 spiro atoms. The Hall–Kier alpha value is -1.06. The summed E-state index contributed by atoms with van der Waals surface area (Å²) < 4.78 is 4.98. The zero-order valence-corrected chi connectivity index (χ0v) is 14.3. The standard InChI is InChI=1S/C10H18O2.C8H14O2/c1-3-12-10(11)9-6-4-8(2)5-7-9;1-6-2-4-7(5-3-6)8(9)10/h8-9H,3-7H2,1-2H3;6-7H,2-5H2,1H3,(H,9,10). The van der Waals surface area contributed by atoms with Crippen molar-refractivity contribution in [3.8, 4) is 0 Å². The summed E-state index contributed by atoms with van der Waals surface area (Å²) in [5.74, 6) is 1.11. The summed E-state index contributed by atoms with van der Waals surface area (Å²) in [5.41, 5.74) is 0. The second-order valence-corrected chi connectivity index (χ2v) is 7.00. The van der Waals surface area contributed by atoms with Gasteiger partial charge in [-0.05, 0) is 70.1 Å². The molecule has 0 aromatic heterocycles. The minimum atomic E-state index is -0.605. The first kappa shape index (κ1) is 19.0. The monoisotopic (exact) mass is 312 g/mol. The summed E-state index contributed by atoms with van der Waals surface area (Å²) in [5, 5.41) is 8.62. The van der Waals surface area contributed by atoms with Gasteiger partial charge in [0.2, 0.25) is 0 Å². The molecule has 4 nitrogen and oxygen atoms in total. The van der Waals surface area contributed by atoms with Crippen LogP contribution in [0.5, 0.6) is 0 Å². The zero-order valence-electron chi connectivity index (χ0n) is 14.3. The second kappa shape index (κ2) is 9.86. The summed E-state index contributed by atoms with van der Waals surface area (Å²) >= 11 is 0. The van der Waals surface area contributed by atoms with Crippen molar-refractivity contribution in [3.63, 3.8) is 0 Å². The second-order valence-electron chi connectivity index (χ2n) is 7.00. The lowest BCUT2D eigenvalue weighted by molar-refractivity contribution is -0.149. The minimum Gasteiger partial charge on any atom is -0.481 e.